The molecular formula is C16H24N4O. The van der Waals surface area contributed by atoms with Crippen molar-refractivity contribution in [2.24, 2.45) is 5.92 Å². The highest BCUT2D eigenvalue weighted by atomic mass is 16.2. The van der Waals surface area contributed by atoms with Gasteiger partial charge in [-0.2, -0.15) is 0 Å². The van der Waals surface area contributed by atoms with Gasteiger partial charge in [-0.15, -0.1) is 0 Å². The maximum absolute atomic E-state index is 11.9. The van der Waals surface area contributed by atoms with E-state index >= 15 is 0 Å². The number of aromatic nitrogens is 2. The van der Waals surface area contributed by atoms with Gasteiger partial charge in [0.15, 0.2) is 0 Å². The molecule has 1 aromatic rings. The molecule has 0 aliphatic carbocycles. The molecule has 3 heterocycles. The van der Waals surface area contributed by atoms with Gasteiger partial charge in [-0.1, -0.05) is 0 Å². The van der Waals surface area contributed by atoms with Crippen molar-refractivity contribution in [3.63, 3.8) is 0 Å². The van der Waals surface area contributed by atoms with Crippen LogP contribution in [0.3, 0.4) is 0 Å². The van der Waals surface area contributed by atoms with Crippen molar-refractivity contribution in [1.82, 2.24) is 14.9 Å². The molecule has 2 aliphatic rings. The highest BCUT2D eigenvalue weighted by Crippen LogP contribution is 2.23. The molecule has 0 spiro atoms. The zero-order valence-corrected chi connectivity index (χ0v) is 12.8. The van der Waals surface area contributed by atoms with E-state index in [1.54, 1.807) is 0 Å². The van der Waals surface area contributed by atoms with Gasteiger partial charge < -0.3 is 9.80 Å². The van der Waals surface area contributed by atoms with E-state index in [1.165, 1.54) is 6.42 Å². The summed E-state index contributed by atoms with van der Waals surface area (Å²) in [5, 5.41) is 0. The molecule has 0 bridgehead atoms. The fourth-order valence-electron chi connectivity index (χ4n) is 3.23. The van der Waals surface area contributed by atoms with Crippen molar-refractivity contribution in [3.8, 4) is 0 Å². The lowest BCUT2D eigenvalue weighted by Gasteiger charge is -2.36. The number of piperidine rings is 2. The van der Waals surface area contributed by atoms with Crippen LogP contribution in [0.2, 0.25) is 0 Å². The molecule has 2 aliphatic heterocycles. The van der Waals surface area contributed by atoms with E-state index in [-0.39, 0.29) is 0 Å². The Bertz CT molecular complexity index is 480. The van der Waals surface area contributed by atoms with E-state index in [0.717, 1.165) is 63.4 Å². The predicted molar refractivity (Wildman–Crippen MR) is 82.1 cm³/mol. The molecule has 2 saturated heterocycles. The summed E-state index contributed by atoms with van der Waals surface area (Å²) in [4.78, 5) is 25.0. The fraction of sp³-hybridized carbons (Fsp3) is 0.688. The summed E-state index contributed by atoms with van der Waals surface area (Å²) in [7, 11) is 0. The molecule has 2 fully saturated rings. The van der Waals surface area contributed by atoms with Crippen LogP contribution in [0.4, 0.5) is 5.95 Å². The van der Waals surface area contributed by atoms with Crippen molar-refractivity contribution < 1.29 is 4.79 Å². The number of nitrogens with zero attached hydrogens (tertiary/aromatic N) is 4. The van der Waals surface area contributed by atoms with Gasteiger partial charge in [0.1, 0.15) is 0 Å². The molecule has 0 unspecified atom stereocenters. The summed E-state index contributed by atoms with van der Waals surface area (Å²) in [6.07, 6.45) is 8.99. The van der Waals surface area contributed by atoms with Crippen molar-refractivity contribution in [3.05, 3.63) is 18.0 Å². The van der Waals surface area contributed by atoms with Gasteiger partial charge in [0.25, 0.3) is 0 Å². The van der Waals surface area contributed by atoms with Crippen LogP contribution in [0.25, 0.3) is 0 Å². The smallest absolute Gasteiger partial charge is 0.225 e. The van der Waals surface area contributed by atoms with E-state index in [2.05, 4.69) is 19.8 Å². The molecular weight excluding hydrogens is 264 g/mol. The molecule has 1 aromatic heterocycles. The molecule has 0 saturated carbocycles. The van der Waals surface area contributed by atoms with Crippen molar-refractivity contribution >= 4 is 11.9 Å². The third-order valence-electron chi connectivity index (χ3n) is 4.56. The van der Waals surface area contributed by atoms with Gasteiger partial charge >= 0.3 is 0 Å². The Morgan fingerprint density at radius 2 is 1.86 bits per heavy atom. The minimum absolute atomic E-state index is 0.352. The fourth-order valence-corrected chi connectivity index (χ4v) is 3.23. The van der Waals surface area contributed by atoms with Crippen LogP contribution in [0.5, 0.6) is 0 Å². The normalized spacial score (nSPS) is 20.9. The average Bonchev–Trinajstić information content (AvgIpc) is 2.51. The third kappa shape index (κ3) is 3.52. The van der Waals surface area contributed by atoms with Crippen LogP contribution in [0.1, 0.15) is 37.7 Å². The second kappa shape index (κ2) is 6.41. The predicted octanol–water partition coefficient (Wildman–Crippen LogP) is 2.01. The number of hydrogen-bond acceptors (Lipinski definition) is 4. The number of likely N-dealkylation sites (tertiary alicyclic amines) is 1. The lowest BCUT2D eigenvalue weighted by molar-refractivity contribution is -0.134. The molecule has 1 amide bonds. The maximum atomic E-state index is 11.9. The number of hydrogen-bond donors (Lipinski definition) is 0. The Balaban J connectivity index is 1.50. The molecule has 5 nitrogen and oxygen atoms in total. The molecule has 114 valence electrons. The second-order valence-corrected chi connectivity index (χ2v) is 6.29. The van der Waals surface area contributed by atoms with Crippen LogP contribution in [0, 0.1) is 12.8 Å². The molecule has 5 heteroatoms. The van der Waals surface area contributed by atoms with E-state index < -0.39 is 0 Å². The molecule has 0 aromatic carbocycles. The Morgan fingerprint density at radius 3 is 2.52 bits per heavy atom. The Hall–Kier alpha value is -1.65. The van der Waals surface area contributed by atoms with Gasteiger partial charge in [-0.3, -0.25) is 4.79 Å². The first-order chi connectivity index (χ1) is 10.2. The van der Waals surface area contributed by atoms with Crippen LogP contribution < -0.4 is 4.90 Å². The number of aryl methyl sites for hydroxylation is 1. The summed E-state index contributed by atoms with van der Waals surface area (Å²) >= 11 is 0. The van der Waals surface area contributed by atoms with Gasteiger partial charge in [0, 0.05) is 45.0 Å². The minimum Gasteiger partial charge on any atom is -0.342 e. The first kappa shape index (κ1) is 14.3. The highest BCUT2D eigenvalue weighted by molar-refractivity contribution is 5.76. The molecule has 0 radical (unpaired) electrons. The lowest BCUT2D eigenvalue weighted by Crippen LogP contribution is -2.43. The number of rotatable bonds is 3. The molecule has 21 heavy (non-hydrogen) atoms. The van der Waals surface area contributed by atoms with Crippen molar-refractivity contribution in [2.45, 2.75) is 39.0 Å². The lowest BCUT2D eigenvalue weighted by atomic mass is 9.95. The van der Waals surface area contributed by atoms with E-state index in [1.807, 2.05) is 19.3 Å². The largest absolute Gasteiger partial charge is 0.342 e. The number of amides is 1. The summed E-state index contributed by atoms with van der Waals surface area (Å²) in [5.41, 5.74) is 1.09. The quantitative estimate of drug-likeness (QED) is 0.854. The van der Waals surface area contributed by atoms with Crippen LogP contribution in [-0.2, 0) is 4.79 Å². The van der Waals surface area contributed by atoms with Crippen LogP contribution in [-0.4, -0.2) is 47.0 Å². The standard InChI is InChI=1S/C16H24N4O/c1-13-10-17-16(18-11-13)19-8-5-14(6-9-19)12-20-7-3-2-4-15(20)21/h10-11,14H,2-9,12H2,1H3. The monoisotopic (exact) mass is 288 g/mol. The second-order valence-electron chi connectivity index (χ2n) is 6.29. The highest BCUT2D eigenvalue weighted by Gasteiger charge is 2.25. The topological polar surface area (TPSA) is 49.3 Å². The maximum Gasteiger partial charge on any atom is 0.225 e. The zero-order valence-electron chi connectivity index (χ0n) is 12.8. The van der Waals surface area contributed by atoms with Gasteiger partial charge in [0.05, 0.1) is 0 Å². The Morgan fingerprint density at radius 1 is 1.14 bits per heavy atom. The minimum atomic E-state index is 0.352. The zero-order chi connectivity index (χ0) is 14.7. The number of carbonyl (C=O) groups is 1. The van der Waals surface area contributed by atoms with Gasteiger partial charge in [0.2, 0.25) is 11.9 Å². The van der Waals surface area contributed by atoms with E-state index in [9.17, 15) is 4.79 Å². The number of anilines is 1. The summed E-state index contributed by atoms with van der Waals surface area (Å²) < 4.78 is 0. The van der Waals surface area contributed by atoms with Gasteiger partial charge in [-0.05, 0) is 44.1 Å². The molecule has 0 atom stereocenters. The van der Waals surface area contributed by atoms with E-state index in [0.29, 0.717) is 11.8 Å². The first-order valence-corrected chi connectivity index (χ1v) is 8.04. The van der Waals surface area contributed by atoms with Crippen molar-refractivity contribution in [1.29, 1.82) is 0 Å². The molecule has 3 rings (SSSR count). The van der Waals surface area contributed by atoms with Gasteiger partial charge in [-0.25, -0.2) is 9.97 Å². The summed E-state index contributed by atoms with van der Waals surface area (Å²) in [5.74, 6) is 1.83. The van der Waals surface area contributed by atoms with Crippen LogP contribution >= 0.6 is 0 Å². The van der Waals surface area contributed by atoms with Crippen LogP contribution in [0.15, 0.2) is 12.4 Å². The SMILES string of the molecule is Cc1cnc(N2CCC(CN3CCCCC3=O)CC2)nc1. The number of carbonyl (C=O) groups excluding carboxylic acids is 1. The summed E-state index contributed by atoms with van der Waals surface area (Å²) in [6.45, 7) is 5.90. The summed E-state index contributed by atoms with van der Waals surface area (Å²) in [6, 6.07) is 0. The Labute approximate surface area is 126 Å². The molecule has 0 N–H and O–H groups in total. The average molecular weight is 288 g/mol. The Kier molecular flexibility index (Phi) is 4.36. The first-order valence-electron chi connectivity index (χ1n) is 8.04. The van der Waals surface area contributed by atoms with Crippen molar-refractivity contribution in [2.75, 3.05) is 31.1 Å². The van der Waals surface area contributed by atoms with E-state index in [4.69, 9.17) is 0 Å². The third-order valence-corrected chi connectivity index (χ3v) is 4.56.